The van der Waals surface area contributed by atoms with Gasteiger partial charge in [0.15, 0.2) is 0 Å². The minimum atomic E-state index is -0.757. The fourth-order valence-corrected chi connectivity index (χ4v) is 5.03. The Bertz CT molecular complexity index is 412. The number of carboxylic acids is 1. The van der Waals surface area contributed by atoms with Crippen molar-refractivity contribution in [3.8, 4) is 0 Å². The largest absolute Gasteiger partial charge is 0.481 e. The Morgan fingerprint density at radius 2 is 1.50 bits per heavy atom. The lowest BCUT2D eigenvalue weighted by atomic mass is 9.77. The van der Waals surface area contributed by atoms with E-state index in [0.717, 1.165) is 32.1 Å². The van der Waals surface area contributed by atoms with Gasteiger partial charge in [0.25, 0.3) is 0 Å². The van der Waals surface area contributed by atoms with E-state index < -0.39 is 11.9 Å². The van der Waals surface area contributed by atoms with Crippen molar-refractivity contribution in [1.82, 2.24) is 4.90 Å². The maximum Gasteiger partial charge on any atom is 0.307 e. The fourth-order valence-electron chi connectivity index (χ4n) is 5.03. The monoisotopic (exact) mass is 279 g/mol. The first kappa shape index (κ1) is 13.9. The zero-order chi connectivity index (χ0) is 14.4. The smallest absolute Gasteiger partial charge is 0.307 e. The van der Waals surface area contributed by atoms with E-state index in [9.17, 15) is 14.7 Å². The van der Waals surface area contributed by atoms with Crippen LogP contribution in [-0.4, -0.2) is 34.0 Å². The van der Waals surface area contributed by atoms with Gasteiger partial charge in [-0.2, -0.15) is 0 Å². The van der Waals surface area contributed by atoms with Gasteiger partial charge in [-0.05, 0) is 64.2 Å². The number of hydrogen-bond acceptors (Lipinski definition) is 2. The lowest BCUT2D eigenvalue weighted by Crippen LogP contribution is -2.52. The highest BCUT2D eigenvalue weighted by Gasteiger charge is 2.55. The third-order valence-electron chi connectivity index (χ3n) is 5.93. The van der Waals surface area contributed by atoms with Gasteiger partial charge in [0.2, 0.25) is 5.91 Å². The Morgan fingerprint density at radius 1 is 0.950 bits per heavy atom. The second kappa shape index (κ2) is 5.05. The van der Waals surface area contributed by atoms with Gasteiger partial charge in [-0.25, -0.2) is 0 Å². The van der Waals surface area contributed by atoms with Crippen LogP contribution in [0.5, 0.6) is 0 Å². The molecule has 0 radical (unpaired) electrons. The first-order chi connectivity index (χ1) is 9.50. The summed E-state index contributed by atoms with van der Waals surface area (Å²) in [7, 11) is 0. The van der Waals surface area contributed by atoms with Crippen LogP contribution in [0.3, 0.4) is 0 Å². The molecule has 0 aromatic rings. The van der Waals surface area contributed by atoms with E-state index >= 15 is 0 Å². The molecule has 4 heteroatoms. The van der Waals surface area contributed by atoms with E-state index in [1.807, 2.05) is 4.90 Å². The van der Waals surface area contributed by atoms with Crippen LogP contribution in [0, 0.1) is 23.7 Å². The van der Waals surface area contributed by atoms with Crippen molar-refractivity contribution in [3.63, 3.8) is 0 Å². The van der Waals surface area contributed by atoms with Crippen LogP contribution >= 0.6 is 0 Å². The number of amides is 1. The van der Waals surface area contributed by atoms with E-state index in [-0.39, 0.29) is 29.8 Å². The van der Waals surface area contributed by atoms with Crippen LogP contribution in [0.2, 0.25) is 0 Å². The highest BCUT2D eigenvalue weighted by Crippen LogP contribution is 2.53. The van der Waals surface area contributed by atoms with Gasteiger partial charge in [-0.1, -0.05) is 0 Å². The number of carbonyl (C=O) groups excluding carboxylic acids is 1. The number of likely N-dealkylation sites (tertiary alicyclic amines) is 1. The number of aliphatic carboxylic acids is 1. The van der Waals surface area contributed by atoms with Gasteiger partial charge in [0, 0.05) is 12.1 Å². The summed E-state index contributed by atoms with van der Waals surface area (Å²) in [4.78, 5) is 26.6. The molecule has 0 aromatic heterocycles. The van der Waals surface area contributed by atoms with E-state index in [2.05, 4.69) is 13.8 Å². The molecule has 4 nitrogen and oxygen atoms in total. The summed E-state index contributed by atoms with van der Waals surface area (Å²) in [6.45, 7) is 4.22. The molecule has 2 saturated carbocycles. The molecular weight excluding hydrogens is 254 g/mol. The Labute approximate surface area is 120 Å². The summed E-state index contributed by atoms with van der Waals surface area (Å²) in [6, 6.07) is 0.527. The number of hydrogen-bond donors (Lipinski definition) is 1. The number of fused-ring (bicyclic) bond motifs is 2. The molecule has 20 heavy (non-hydrogen) atoms. The standard InChI is InChI=1S/C16H25NO3/c1-9-4-3-5-10(2)17(9)15(18)13-11-6-7-12(8-11)14(13)16(19)20/h9-14H,3-8H2,1-2H3,(H,19,20)/t9-,10+,11-,12-,13+,14+/m0/s1. The molecule has 2 aliphatic carbocycles. The quantitative estimate of drug-likeness (QED) is 0.845. The van der Waals surface area contributed by atoms with Gasteiger partial charge in [0.1, 0.15) is 0 Å². The minimum Gasteiger partial charge on any atom is -0.481 e. The zero-order valence-corrected chi connectivity index (χ0v) is 12.4. The van der Waals surface area contributed by atoms with Gasteiger partial charge < -0.3 is 10.0 Å². The van der Waals surface area contributed by atoms with Crippen LogP contribution in [-0.2, 0) is 9.59 Å². The first-order valence-corrected chi connectivity index (χ1v) is 8.05. The SMILES string of the molecule is C[C@@H]1CCC[C@H](C)N1C(=O)[C@@H]1[C@H]2CC[C@@H](C2)[C@H]1C(=O)O. The Kier molecular flexibility index (Phi) is 3.51. The van der Waals surface area contributed by atoms with E-state index in [1.165, 1.54) is 6.42 Å². The van der Waals surface area contributed by atoms with Crippen LogP contribution in [0.1, 0.15) is 52.4 Å². The summed E-state index contributed by atoms with van der Waals surface area (Å²) in [5, 5.41) is 9.51. The van der Waals surface area contributed by atoms with Crippen LogP contribution < -0.4 is 0 Å². The van der Waals surface area contributed by atoms with Gasteiger partial charge in [-0.15, -0.1) is 0 Å². The van der Waals surface area contributed by atoms with Gasteiger partial charge >= 0.3 is 5.97 Å². The number of carboxylic acid groups (broad SMARTS) is 1. The highest BCUT2D eigenvalue weighted by atomic mass is 16.4. The molecule has 1 heterocycles. The third kappa shape index (κ3) is 2.04. The van der Waals surface area contributed by atoms with Gasteiger partial charge in [0.05, 0.1) is 11.8 Å². The minimum absolute atomic E-state index is 0.129. The molecular formula is C16H25NO3. The van der Waals surface area contributed by atoms with E-state index in [0.29, 0.717) is 5.92 Å². The summed E-state index contributed by atoms with van der Waals surface area (Å²) in [6.07, 6.45) is 6.26. The molecule has 0 unspecified atom stereocenters. The normalized spacial score (nSPS) is 43.8. The molecule has 2 bridgehead atoms. The second-order valence-electron chi connectivity index (χ2n) is 7.10. The molecule has 1 N–H and O–H groups in total. The average molecular weight is 279 g/mol. The lowest BCUT2D eigenvalue weighted by Gasteiger charge is -2.42. The molecule has 6 atom stereocenters. The summed E-state index contributed by atoms with van der Waals surface area (Å²) >= 11 is 0. The molecule has 112 valence electrons. The van der Waals surface area contributed by atoms with Crippen molar-refractivity contribution in [2.75, 3.05) is 0 Å². The average Bonchev–Trinajstić information content (AvgIpc) is 2.98. The molecule has 1 saturated heterocycles. The molecule has 3 aliphatic rings. The zero-order valence-electron chi connectivity index (χ0n) is 12.4. The Balaban J connectivity index is 1.83. The number of carbonyl (C=O) groups is 2. The number of rotatable bonds is 2. The topological polar surface area (TPSA) is 57.6 Å². The van der Waals surface area contributed by atoms with Crippen molar-refractivity contribution in [2.24, 2.45) is 23.7 Å². The van der Waals surface area contributed by atoms with Crippen molar-refractivity contribution >= 4 is 11.9 Å². The molecule has 3 fully saturated rings. The predicted octanol–water partition coefficient (Wildman–Crippen LogP) is 2.52. The van der Waals surface area contributed by atoms with E-state index in [4.69, 9.17) is 0 Å². The summed E-state index contributed by atoms with van der Waals surface area (Å²) in [5.41, 5.74) is 0. The summed E-state index contributed by atoms with van der Waals surface area (Å²) in [5.74, 6) is -0.759. The maximum atomic E-state index is 13.0. The maximum absolute atomic E-state index is 13.0. The van der Waals surface area contributed by atoms with Crippen molar-refractivity contribution < 1.29 is 14.7 Å². The third-order valence-corrected chi connectivity index (χ3v) is 5.93. The highest BCUT2D eigenvalue weighted by molar-refractivity contribution is 5.86. The first-order valence-electron chi connectivity index (χ1n) is 8.05. The van der Waals surface area contributed by atoms with Crippen molar-refractivity contribution in [3.05, 3.63) is 0 Å². The molecule has 0 aromatic carbocycles. The molecule has 3 rings (SSSR count). The predicted molar refractivity (Wildman–Crippen MR) is 75.1 cm³/mol. The van der Waals surface area contributed by atoms with Crippen LogP contribution in [0.25, 0.3) is 0 Å². The van der Waals surface area contributed by atoms with Crippen molar-refractivity contribution in [1.29, 1.82) is 0 Å². The number of nitrogens with zero attached hydrogens (tertiary/aromatic N) is 1. The molecule has 0 spiro atoms. The van der Waals surface area contributed by atoms with E-state index in [1.54, 1.807) is 0 Å². The molecule has 1 aliphatic heterocycles. The van der Waals surface area contributed by atoms with Crippen molar-refractivity contribution in [2.45, 2.75) is 64.5 Å². The second-order valence-corrected chi connectivity index (χ2v) is 7.10. The summed E-state index contributed by atoms with van der Waals surface area (Å²) < 4.78 is 0. The number of piperidine rings is 1. The lowest BCUT2D eigenvalue weighted by molar-refractivity contribution is -0.155. The molecule has 1 amide bonds. The Morgan fingerprint density at radius 3 is 2.05 bits per heavy atom. The van der Waals surface area contributed by atoms with Gasteiger partial charge in [-0.3, -0.25) is 9.59 Å². The van der Waals surface area contributed by atoms with Crippen LogP contribution in [0.15, 0.2) is 0 Å². The fraction of sp³-hybridized carbons (Fsp3) is 0.875. The Hall–Kier alpha value is -1.06. The van der Waals surface area contributed by atoms with Crippen LogP contribution in [0.4, 0.5) is 0 Å².